The first-order chi connectivity index (χ1) is 10.2. The summed E-state index contributed by atoms with van der Waals surface area (Å²) in [6.07, 6.45) is 1.13. The normalized spacial score (nSPS) is 11.2. The number of nitrogens with one attached hydrogen (secondary N) is 1. The topological polar surface area (TPSA) is 46.0 Å². The zero-order chi connectivity index (χ0) is 15.1. The summed E-state index contributed by atoms with van der Waals surface area (Å²) in [7, 11) is 4.17. The highest BCUT2D eigenvalue weighted by molar-refractivity contribution is 5.14. The summed E-state index contributed by atoms with van der Waals surface area (Å²) in [4.78, 5) is 2.35. The first-order valence-electron chi connectivity index (χ1n) is 7.45. The second-order valence-corrected chi connectivity index (χ2v) is 5.48. The zero-order valence-electron chi connectivity index (χ0n) is 13.2. The van der Waals surface area contributed by atoms with Crippen LogP contribution in [0.5, 0.6) is 0 Å². The third-order valence-corrected chi connectivity index (χ3v) is 3.65. The molecule has 1 aromatic carbocycles. The zero-order valence-corrected chi connectivity index (χ0v) is 13.2. The van der Waals surface area contributed by atoms with E-state index in [0.29, 0.717) is 0 Å². The molecule has 1 heterocycles. The van der Waals surface area contributed by atoms with Crippen molar-refractivity contribution < 1.29 is 0 Å². The molecule has 0 saturated carbocycles. The third-order valence-electron chi connectivity index (χ3n) is 3.65. The Morgan fingerprint density at radius 2 is 1.95 bits per heavy atom. The molecule has 0 aliphatic rings. The van der Waals surface area contributed by atoms with Gasteiger partial charge in [-0.05, 0) is 39.0 Å². The maximum absolute atomic E-state index is 4.14. The minimum atomic E-state index is 0.778. The molecule has 1 N–H and O–H groups in total. The number of hydrogen-bond donors (Lipinski definition) is 1. The number of nitrogens with zero attached hydrogens (tertiary/aromatic N) is 4. The maximum Gasteiger partial charge on any atom is 0.146 e. The Hall–Kier alpha value is -1.72. The molecule has 2 aromatic rings. The van der Waals surface area contributed by atoms with Crippen molar-refractivity contribution in [3.8, 4) is 0 Å². The standard InChI is InChI=1S/C16H25N5/c1-14-18-19-16(21(14)3)12-17-10-7-11-20(2)13-15-8-5-4-6-9-15/h4-6,8-9,17H,7,10-13H2,1-3H3. The summed E-state index contributed by atoms with van der Waals surface area (Å²) >= 11 is 0. The third kappa shape index (κ3) is 4.95. The lowest BCUT2D eigenvalue weighted by Crippen LogP contribution is -2.24. The number of benzene rings is 1. The van der Waals surface area contributed by atoms with Crippen LogP contribution in [0.25, 0.3) is 0 Å². The molecule has 0 fully saturated rings. The molecule has 0 unspecified atom stereocenters. The molecule has 2 rings (SSSR count). The quantitative estimate of drug-likeness (QED) is 0.751. The first kappa shape index (κ1) is 15.7. The minimum absolute atomic E-state index is 0.778. The molecule has 0 bridgehead atoms. The fourth-order valence-electron chi connectivity index (χ4n) is 2.25. The first-order valence-corrected chi connectivity index (χ1v) is 7.45. The Balaban J connectivity index is 1.60. The smallest absolute Gasteiger partial charge is 0.146 e. The highest BCUT2D eigenvalue weighted by Gasteiger charge is 2.04. The number of aromatic nitrogens is 3. The summed E-state index contributed by atoms with van der Waals surface area (Å²) in [6.45, 7) is 5.82. The SMILES string of the molecule is Cc1nnc(CNCCCN(C)Cc2ccccc2)n1C. The van der Waals surface area contributed by atoms with E-state index < -0.39 is 0 Å². The van der Waals surface area contributed by atoms with Gasteiger partial charge in [-0.25, -0.2) is 0 Å². The second-order valence-electron chi connectivity index (χ2n) is 5.48. The van der Waals surface area contributed by atoms with Crippen LogP contribution >= 0.6 is 0 Å². The van der Waals surface area contributed by atoms with E-state index in [4.69, 9.17) is 0 Å². The van der Waals surface area contributed by atoms with Crippen molar-refractivity contribution in [2.75, 3.05) is 20.1 Å². The Labute approximate surface area is 127 Å². The molecule has 0 aliphatic heterocycles. The van der Waals surface area contributed by atoms with Crippen LogP contribution in [0.4, 0.5) is 0 Å². The lowest BCUT2D eigenvalue weighted by molar-refractivity contribution is 0.319. The van der Waals surface area contributed by atoms with Crippen molar-refractivity contribution in [1.82, 2.24) is 25.0 Å². The maximum atomic E-state index is 4.14. The summed E-state index contributed by atoms with van der Waals surface area (Å²) in [5, 5.41) is 11.6. The lowest BCUT2D eigenvalue weighted by Gasteiger charge is -2.16. The Kier molecular flexibility index (Phi) is 5.90. The molecule has 5 heteroatoms. The van der Waals surface area contributed by atoms with Crippen molar-refractivity contribution in [2.24, 2.45) is 7.05 Å². The predicted molar refractivity (Wildman–Crippen MR) is 84.8 cm³/mol. The van der Waals surface area contributed by atoms with Crippen molar-refractivity contribution >= 4 is 0 Å². The van der Waals surface area contributed by atoms with E-state index in [2.05, 4.69) is 57.8 Å². The van der Waals surface area contributed by atoms with E-state index in [1.54, 1.807) is 0 Å². The lowest BCUT2D eigenvalue weighted by atomic mass is 10.2. The summed E-state index contributed by atoms with van der Waals surface area (Å²) in [5.41, 5.74) is 1.36. The van der Waals surface area contributed by atoms with E-state index in [1.807, 2.05) is 18.5 Å². The Morgan fingerprint density at radius 1 is 1.19 bits per heavy atom. The van der Waals surface area contributed by atoms with Crippen LogP contribution < -0.4 is 5.32 Å². The summed E-state index contributed by atoms with van der Waals surface area (Å²) in [5.74, 6) is 1.94. The molecular formula is C16H25N5. The largest absolute Gasteiger partial charge is 0.317 e. The molecular weight excluding hydrogens is 262 g/mol. The van der Waals surface area contributed by atoms with Gasteiger partial charge in [0, 0.05) is 13.6 Å². The van der Waals surface area contributed by atoms with Gasteiger partial charge in [-0.15, -0.1) is 10.2 Å². The van der Waals surface area contributed by atoms with Crippen molar-refractivity contribution in [3.05, 3.63) is 47.5 Å². The van der Waals surface area contributed by atoms with Crippen molar-refractivity contribution in [1.29, 1.82) is 0 Å². The van der Waals surface area contributed by atoms with Gasteiger partial charge in [0.2, 0.25) is 0 Å². The van der Waals surface area contributed by atoms with Gasteiger partial charge in [-0.1, -0.05) is 30.3 Å². The molecule has 5 nitrogen and oxygen atoms in total. The summed E-state index contributed by atoms with van der Waals surface area (Å²) < 4.78 is 2.02. The Bertz CT molecular complexity index is 535. The fourth-order valence-corrected chi connectivity index (χ4v) is 2.25. The van der Waals surface area contributed by atoms with Crippen molar-refractivity contribution in [2.45, 2.75) is 26.4 Å². The van der Waals surface area contributed by atoms with Crippen molar-refractivity contribution in [3.63, 3.8) is 0 Å². The summed E-state index contributed by atoms with van der Waals surface area (Å²) in [6, 6.07) is 10.6. The van der Waals surface area contributed by atoms with Gasteiger partial charge in [0.1, 0.15) is 11.6 Å². The van der Waals surface area contributed by atoms with E-state index >= 15 is 0 Å². The molecule has 0 amide bonds. The predicted octanol–water partition coefficient (Wildman–Crippen LogP) is 1.74. The van der Waals surface area contributed by atoms with E-state index in [1.165, 1.54) is 5.56 Å². The minimum Gasteiger partial charge on any atom is -0.317 e. The molecule has 21 heavy (non-hydrogen) atoms. The van der Waals surface area contributed by atoms with E-state index in [9.17, 15) is 0 Å². The molecule has 0 radical (unpaired) electrons. The van der Waals surface area contributed by atoms with Gasteiger partial charge in [-0.3, -0.25) is 0 Å². The number of hydrogen-bond acceptors (Lipinski definition) is 4. The molecule has 0 atom stereocenters. The number of aryl methyl sites for hydroxylation is 1. The highest BCUT2D eigenvalue weighted by Crippen LogP contribution is 2.02. The average Bonchev–Trinajstić information content (AvgIpc) is 2.80. The van der Waals surface area contributed by atoms with Crippen LogP contribution in [0.3, 0.4) is 0 Å². The van der Waals surface area contributed by atoms with Crippen LogP contribution in [0.15, 0.2) is 30.3 Å². The van der Waals surface area contributed by atoms with Gasteiger partial charge in [-0.2, -0.15) is 0 Å². The average molecular weight is 287 g/mol. The van der Waals surface area contributed by atoms with Gasteiger partial charge < -0.3 is 14.8 Å². The fraction of sp³-hybridized carbons (Fsp3) is 0.500. The van der Waals surface area contributed by atoms with Crippen LogP contribution in [0, 0.1) is 6.92 Å². The number of rotatable bonds is 8. The molecule has 0 saturated heterocycles. The molecule has 1 aromatic heterocycles. The Morgan fingerprint density at radius 3 is 2.62 bits per heavy atom. The van der Waals surface area contributed by atoms with E-state index in [-0.39, 0.29) is 0 Å². The van der Waals surface area contributed by atoms with Crippen LogP contribution in [-0.4, -0.2) is 39.8 Å². The second kappa shape index (κ2) is 7.90. The van der Waals surface area contributed by atoms with Crippen LogP contribution in [0.1, 0.15) is 23.6 Å². The molecule has 0 spiro atoms. The van der Waals surface area contributed by atoms with Gasteiger partial charge >= 0.3 is 0 Å². The van der Waals surface area contributed by atoms with E-state index in [0.717, 1.165) is 44.2 Å². The molecule has 114 valence electrons. The van der Waals surface area contributed by atoms with Crippen LogP contribution in [0.2, 0.25) is 0 Å². The van der Waals surface area contributed by atoms with Crippen LogP contribution in [-0.2, 0) is 20.1 Å². The highest BCUT2D eigenvalue weighted by atomic mass is 15.3. The molecule has 0 aliphatic carbocycles. The monoisotopic (exact) mass is 287 g/mol. The van der Waals surface area contributed by atoms with Gasteiger partial charge in [0.15, 0.2) is 0 Å². The van der Waals surface area contributed by atoms with Gasteiger partial charge in [0.05, 0.1) is 6.54 Å². The van der Waals surface area contributed by atoms with Gasteiger partial charge in [0.25, 0.3) is 0 Å².